The summed E-state index contributed by atoms with van der Waals surface area (Å²) in [6.45, 7) is 5.18. The molecule has 0 N–H and O–H groups in total. The minimum Gasteiger partial charge on any atom is -0.286 e. The summed E-state index contributed by atoms with van der Waals surface area (Å²) in [6.07, 6.45) is 0.431. The van der Waals surface area contributed by atoms with E-state index in [1.165, 1.54) is 0 Å². The van der Waals surface area contributed by atoms with Crippen LogP contribution in [0.4, 0.5) is 5.13 Å². The van der Waals surface area contributed by atoms with Gasteiger partial charge in [-0.2, -0.15) is 5.10 Å². The standard InChI is InChI=1S/C23H23ClN4OS2/c1-16-15-17(2)28(26-16)13-12-27(23-25-20-5-3-4-6-21(20)31-23)22(29)11-14-30-19-9-7-18(24)8-10-19/h3-10,15H,11-14H2,1-2H3. The lowest BCUT2D eigenvalue weighted by atomic mass is 10.3. The Morgan fingerprint density at radius 1 is 1.16 bits per heavy atom. The number of thiazole rings is 1. The third-order valence-corrected chi connectivity index (χ3v) is 7.18. The van der Waals surface area contributed by atoms with Crippen LogP contribution in [0.1, 0.15) is 17.8 Å². The van der Waals surface area contributed by atoms with Crippen molar-refractivity contribution in [3.05, 3.63) is 71.0 Å². The number of hydrogen-bond acceptors (Lipinski definition) is 5. The summed E-state index contributed by atoms with van der Waals surface area (Å²) >= 11 is 9.16. The maximum Gasteiger partial charge on any atom is 0.229 e. The molecule has 0 aliphatic heterocycles. The first-order valence-electron chi connectivity index (χ1n) is 10.0. The molecule has 0 atom stereocenters. The van der Waals surface area contributed by atoms with Gasteiger partial charge in [-0.15, -0.1) is 11.8 Å². The first-order valence-corrected chi connectivity index (χ1v) is 12.2. The summed E-state index contributed by atoms with van der Waals surface area (Å²) in [6, 6.07) is 17.7. The highest BCUT2D eigenvalue weighted by molar-refractivity contribution is 7.99. The number of fused-ring (bicyclic) bond motifs is 1. The largest absolute Gasteiger partial charge is 0.286 e. The highest BCUT2D eigenvalue weighted by atomic mass is 35.5. The fourth-order valence-corrected chi connectivity index (χ4v) is 5.30. The van der Waals surface area contributed by atoms with E-state index in [4.69, 9.17) is 16.6 Å². The molecule has 0 spiro atoms. The smallest absolute Gasteiger partial charge is 0.229 e. The van der Waals surface area contributed by atoms with Crippen molar-refractivity contribution >= 4 is 56.0 Å². The van der Waals surface area contributed by atoms with Crippen molar-refractivity contribution in [1.82, 2.24) is 14.8 Å². The number of para-hydroxylation sites is 1. The van der Waals surface area contributed by atoms with Crippen LogP contribution in [0.25, 0.3) is 10.2 Å². The van der Waals surface area contributed by atoms with Crippen LogP contribution < -0.4 is 4.90 Å². The Balaban J connectivity index is 1.48. The van der Waals surface area contributed by atoms with Crippen LogP contribution in [0, 0.1) is 13.8 Å². The molecule has 0 unspecified atom stereocenters. The van der Waals surface area contributed by atoms with Gasteiger partial charge in [0.25, 0.3) is 0 Å². The Bertz CT molecular complexity index is 1150. The van der Waals surface area contributed by atoms with E-state index in [2.05, 4.69) is 5.10 Å². The Morgan fingerprint density at radius 2 is 1.94 bits per heavy atom. The maximum atomic E-state index is 13.2. The molecule has 2 heterocycles. The van der Waals surface area contributed by atoms with E-state index in [1.54, 1.807) is 23.1 Å². The maximum absolute atomic E-state index is 13.2. The second-order valence-corrected chi connectivity index (χ2v) is 9.83. The zero-order chi connectivity index (χ0) is 21.8. The van der Waals surface area contributed by atoms with Crippen LogP contribution in [-0.4, -0.2) is 33.0 Å². The summed E-state index contributed by atoms with van der Waals surface area (Å²) in [5, 5.41) is 5.99. The SMILES string of the molecule is Cc1cc(C)n(CCN(C(=O)CCSc2ccc(Cl)cc2)c2nc3ccccc3s2)n1. The topological polar surface area (TPSA) is 51.0 Å². The molecule has 0 fully saturated rings. The quantitative estimate of drug-likeness (QED) is 0.297. The first-order chi connectivity index (χ1) is 15.0. The van der Waals surface area contributed by atoms with E-state index in [1.807, 2.05) is 78.0 Å². The van der Waals surface area contributed by atoms with Crippen LogP contribution in [0.5, 0.6) is 0 Å². The molecule has 0 saturated heterocycles. The molecule has 8 heteroatoms. The second kappa shape index (κ2) is 9.85. The molecule has 5 nitrogen and oxygen atoms in total. The molecule has 0 bridgehead atoms. The summed E-state index contributed by atoms with van der Waals surface area (Å²) in [5.74, 6) is 0.768. The van der Waals surface area contributed by atoms with Gasteiger partial charge in [-0.3, -0.25) is 14.4 Å². The molecule has 0 saturated carbocycles. The zero-order valence-corrected chi connectivity index (χ0v) is 19.8. The third kappa shape index (κ3) is 5.47. The van der Waals surface area contributed by atoms with Crippen LogP contribution in [0.3, 0.4) is 0 Å². The molecule has 1 amide bonds. The van der Waals surface area contributed by atoms with Gasteiger partial charge in [0.2, 0.25) is 5.91 Å². The van der Waals surface area contributed by atoms with Gasteiger partial charge in [-0.1, -0.05) is 35.1 Å². The van der Waals surface area contributed by atoms with Crippen LogP contribution in [0.15, 0.2) is 59.5 Å². The number of rotatable bonds is 8. The van der Waals surface area contributed by atoms with E-state index in [0.29, 0.717) is 30.3 Å². The molecule has 0 radical (unpaired) electrons. The van der Waals surface area contributed by atoms with Crippen molar-refractivity contribution in [2.24, 2.45) is 0 Å². The van der Waals surface area contributed by atoms with Gasteiger partial charge in [-0.05, 0) is 56.3 Å². The summed E-state index contributed by atoms with van der Waals surface area (Å²) in [5.41, 5.74) is 2.99. The van der Waals surface area contributed by atoms with Gasteiger partial charge in [-0.25, -0.2) is 4.98 Å². The average Bonchev–Trinajstić information content (AvgIpc) is 3.32. The monoisotopic (exact) mass is 470 g/mol. The number of amides is 1. The molecule has 4 rings (SSSR count). The summed E-state index contributed by atoms with van der Waals surface area (Å²) in [4.78, 5) is 20.8. The van der Waals surface area contributed by atoms with Crippen molar-refractivity contribution in [3.8, 4) is 0 Å². The van der Waals surface area contributed by atoms with Crippen LogP contribution in [-0.2, 0) is 11.3 Å². The normalized spacial score (nSPS) is 11.2. The number of carbonyl (C=O) groups excluding carboxylic acids is 1. The molecule has 0 aliphatic carbocycles. The predicted octanol–water partition coefficient (Wildman–Crippen LogP) is 5.98. The highest BCUT2D eigenvalue weighted by Crippen LogP contribution is 2.29. The molecule has 4 aromatic rings. The van der Waals surface area contributed by atoms with Gasteiger partial charge in [0, 0.05) is 34.3 Å². The van der Waals surface area contributed by atoms with E-state index in [-0.39, 0.29) is 5.91 Å². The number of anilines is 1. The Hall–Kier alpha value is -2.35. The number of thioether (sulfide) groups is 1. The minimum absolute atomic E-state index is 0.0713. The number of halogens is 1. The summed E-state index contributed by atoms with van der Waals surface area (Å²) in [7, 11) is 0. The van der Waals surface area contributed by atoms with Gasteiger partial charge in [0.15, 0.2) is 5.13 Å². The number of aromatic nitrogens is 3. The molecular weight excluding hydrogens is 448 g/mol. The zero-order valence-electron chi connectivity index (χ0n) is 17.4. The van der Waals surface area contributed by atoms with Crippen molar-refractivity contribution < 1.29 is 4.79 Å². The Kier molecular flexibility index (Phi) is 6.95. The van der Waals surface area contributed by atoms with E-state index in [9.17, 15) is 4.79 Å². The number of nitrogens with zero attached hydrogens (tertiary/aromatic N) is 4. The number of hydrogen-bond donors (Lipinski definition) is 0. The lowest BCUT2D eigenvalue weighted by molar-refractivity contribution is -0.118. The fourth-order valence-electron chi connectivity index (χ4n) is 3.32. The van der Waals surface area contributed by atoms with E-state index in [0.717, 1.165) is 31.6 Å². The van der Waals surface area contributed by atoms with Gasteiger partial charge in [0.1, 0.15) is 0 Å². The summed E-state index contributed by atoms with van der Waals surface area (Å²) < 4.78 is 3.03. The van der Waals surface area contributed by atoms with Crippen molar-refractivity contribution in [1.29, 1.82) is 0 Å². The number of benzene rings is 2. The Morgan fingerprint density at radius 3 is 2.65 bits per heavy atom. The molecule has 31 heavy (non-hydrogen) atoms. The Labute approximate surface area is 195 Å². The lowest BCUT2D eigenvalue weighted by Crippen LogP contribution is -2.34. The first kappa shape index (κ1) is 21.9. The lowest BCUT2D eigenvalue weighted by Gasteiger charge is -2.20. The predicted molar refractivity (Wildman–Crippen MR) is 130 cm³/mol. The van der Waals surface area contributed by atoms with E-state index >= 15 is 0 Å². The number of aryl methyl sites for hydroxylation is 2. The van der Waals surface area contributed by atoms with Crippen LogP contribution >= 0.6 is 34.7 Å². The number of carbonyl (C=O) groups is 1. The third-order valence-electron chi connectivity index (χ3n) is 4.85. The molecule has 2 aromatic carbocycles. The second-order valence-electron chi connectivity index (χ2n) is 7.21. The molecule has 160 valence electrons. The van der Waals surface area contributed by atoms with Crippen LogP contribution in [0.2, 0.25) is 5.02 Å². The van der Waals surface area contributed by atoms with Crippen molar-refractivity contribution in [2.75, 3.05) is 17.2 Å². The average molecular weight is 471 g/mol. The van der Waals surface area contributed by atoms with Gasteiger partial charge >= 0.3 is 0 Å². The minimum atomic E-state index is 0.0713. The van der Waals surface area contributed by atoms with Crippen molar-refractivity contribution in [2.45, 2.75) is 31.7 Å². The van der Waals surface area contributed by atoms with E-state index < -0.39 is 0 Å². The molecular formula is C23H23ClN4OS2. The fraction of sp³-hybridized carbons (Fsp3) is 0.261. The molecule has 2 aromatic heterocycles. The molecule has 0 aliphatic rings. The van der Waals surface area contributed by atoms with Gasteiger partial charge in [0.05, 0.1) is 22.5 Å². The van der Waals surface area contributed by atoms with Crippen molar-refractivity contribution in [3.63, 3.8) is 0 Å². The highest BCUT2D eigenvalue weighted by Gasteiger charge is 2.20. The van der Waals surface area contributed by atoms with Gasteiger partial charge < -0.3 is 0 Å².